The topological polar surface area (TPSA) is 57.8 Å². The molecular formula is C18H17N3O. The number of aromatic nitrogens is 2. The van der Waals surface area contributed by atoms with Crippen molar-refractivity contribution < 1.29 is 4.79 Å². The summed E-state index contributed by atoms with van der Waals surface area (Å²) >= 11 is 0. The van der Waals surface area contributed by atoms with Gasteiger partial charge in [-0.1, -0.05) is 12.1 Å². The van der Waals surface area contributed by atoms with E-state index in [2.05, 4.69) is 21.4 Å². The molecule has 22 heavy (non-hydrogen) atoms. The normalized spacial score (nSPS) is 13.8. The van der Waals surface area contributed by atoms with Gasteiger partial charge in [-0.05, 0) is 61.1 Å². The van der Waals surface area contributed by atoms with Crippen LogP contribution in [0, 0.1) is 0 Å². The van der Waals surface area contributed by atoms with E-state index >= 15 is 0 Å². The Morgan fingerprint density at radius 2 is 2.05 bits per heavy atom. The molecule has 0 saturated heterocycles. The molecule has 4 nitrogen and oxygen atoms in total. The van der Waals surface area contributed by atoms with Gasteiger partial charge < -0.3 is 10.3 Å². The predicted molar refractivity (Wildman–Crippen MR) is 87.1 cm³/mol. The standard InChI is InChI=1S/C18H17N3O/c22-18(13-8-9-16-17(10-13)20-11-19-16)21-15-7-3-5-12-4-1-2-6-14(12)15/h3,5,7-11H,1-2,4,6H2,(H,19,20)(H,21,22). The van der Waals surface area contributed by atoms with Gasteiger partial charge in [-0.2, -0.15) is 0 Å². The molecule has 1 aromatic heterocycles. The largest absolute Gasteiger partial charge is 0.345 e. The van der Waals surface area contributed by atoms with Gasteiger partial charge in [-0.25, -0.2) is 4.98 Å². The molecule has 1 aliphatic rings. The number of carbonyl (C=O) groups excluding carboxylic acids is 1. The number of nitrogens with one attached hydrogen (secondary N) is 2. The molecular weight excluding hydrogens is 274 g/mol. The highest BCUT2D eigenvalue weighted by Gasteiger charge is 2.15. The number of carbonyl (C=O) groups is 1. The number of benzene rings is 2. The van der Waals surface area contributed by atoms with Crippen molar-refractivity contribution in [1.29, 1.82) is 0 Å². The number of nitrogens with zero attached hydrogens (tertiary/aromatic N) is 1. The van der Waals surface area contributed by atoms with Gasteiger partial charge in [-0.15, -0.1) is 0 Å². The quantitative estimate of drug-likeness (QED) is 0.756. The van der Waals surface area contributed by atoms with Crippen LogP contribution in [0.3, 0.4) is 0 Å². The lowest BCUT2D eigenvalue weighted by Crippen LogP contribution is -2.15. The van der Waals surface area contributed by atoms with E-state index in [9.17, 15) is 4.79 Å². The molecule has 1 amide bonds. The zero-order chi connectivity index (χ0) is 14.9. The molecule has 0 bridgehead atoms. The molecule has 2 N–H and O–H groups in total. The average molecular weight is 291 g/mol. The molecule has 0 unspecified atom stereocenters. The van der Waals surface area contributed by atoms with E-state index in [1.165, 1.54) is 24.0 Å². The van der Waals surface area contributed by atoms with E-state index < -0.39 is 0 Å². The molecule has 0 spiro atoms. The minimum absolute atomic E-state index is 0.0736. The van der Waals surface area contributed by atoms with Gasteiger partial charge in [0.1, 0.15) is 0 Å². The van der Waals surface area contributed by atoms with E-state index in [1.54, 1.807) is 6.33 Å². The lowest BCUT2D eigenvalue weighted by molar-refractivity contribution is 0.102. The Labute approximate surface area is 128 Å². The first-order chi connectivity index (χ1) is 10.8. The van der Waals surface area contributed by atoms with Crippen LogP contribution < -0.4 is 5.32 Å². The van der Waals surface area contributed by atoms with E-state index in [-0.39, 0.29) is 5.91 Å². The first-order valence-electron chi connectivity index (χ1n) is 7.66. The Balaban J connectivity index is 1.64. The summed E-state index contributed by atoms with van der Waals surface area (Å²) in [5.74, 6) is -0.0736. The third-order valence-corrected chi connectivity index (χ3v) is 4.33. The van der Waals surface area contributed by atoms with E-state index in [4.69, 9.17) is 0 Å². The number of fused-ring (bicyclic) bond motifs is 2. The summed E-state index contributed by atoms with van der Waals surface area (Å²) < 4.78 is 0. The van der Waals surface area contributed by atoms with Gasteiger partial charge in [0.05, 0.1) is 17.4 Å². The van der Waals surface area contributed by atoms with Gasteiger partial charge in [0.25, 0.3) is 5.91 Å². The maximum absolute atomic E-state index is 12.5. The summed E-state index contributed by atoms with van der Waals surface area (Å²) in [6, 6.07) is 11.7. The third kappa shape index (κ3) is 2.26. The van der Waals surface area contributed by atoms with Crippen molar-refractivity contribution >= 4 is 22.6 Å². The smallest absolute Gasteiger partial charge is 0.255 e. The Morgan fingerprint density at radius 1 is 1.14 bits per heavy atom. The maximum atomic E-state index is 12.5. The molecule has 1 aliphatic carbocycles. The van der Waals surface area contributed by atoms with Gasteiger partial charge in [-0.3, -0.25) is 4.79 Å². The van der Waals surface area contributed by atoms with Crippen LogP contribution in [-0.4, -0.2) is 15.9 Å². The summed E-state index contributed by atoms with van der Waals surface area (Å²) in [4.78, 5) is 19.7. The number of aryl methyl sites for hydroxylation is 1. The number of hydrogen-bond acceptors (Lipinski definition) is 2. The number of rotatable bonds is 2. The molecule has 3 aromatic rings. The molecule has 4 heteroatoms. The molecule has 2 aromatic carbocycles. The summed E-state index contributed by atoms with van der Waals surface area (Å²) in [5.41, 5.74) is 6.01. The fourth-order valence-corrected chi connectivity index (χ4v) is 3.17. The first kappa shape index (κ1) is 13.1. The summed E-state index contributed by atoms with van der Waals surface area (Å²) in [7, 11) is 0. The Kier molecular flexibility index (Phi) is 3.15. The van der Waals surface area contributed by atoms with E-state index in [0.29, 0.717) is 5.56 Å². The SMILES string of the molecule is O=C(Nc1cccc2c1CCCC2)c1ccc2nc[nH]c2c1. The van der Waals surface area contributed by atoms with Crippen LogP contribution in [0.5, 0.6) is 0 Å². The number of H-pyrrole nitrogens is 1. The molecule has 110 valence electrons. The number of hydrogen-bond donors (Lipinski definition) is 2. The van der Waals surface area contributed by atoms with Crippen molar-refractivity contribution in [1.82, 2.24) is 9.97 Å². The zero-order valence-electron chi connectivity index (χ0n) is 12.2. The minimum atomic E-state index is -0.0736. The maximum Gasteiger partial charge on any atom is 0.255 e. The highest BCUT2D eigenvalue weighted by molar-refractivity contribution is 6.06. The minimum Gasteiger partial charge on any atom is -0.345 e. The number of imidazole rings is 1. The average Bonchev–Trinajstić information content (AvgIpc) is 3.02. The van der Waals surface area contributed by atoms with E-state index in [1.807, 2.05) is 30.3 Å². The molecule has 0 aliphatic heterocycles. The lowest BCUT2D eigenvalue weighted by Gasteiger charge is -2.19. The van der Waals surface area contributed by atoms with Crippen molar-refractivity contribution in [3.05, 3.63) is 59.4 Å². The molecule has 0 radical (unpaired) electrons. The fourth-order valence-electron chi connectivity index (χ4n) is 3.17. The monoisotopic (exact) mass is 291 g/mol. The third-order valence-electron chi connectivity index (χ3n) is 4.33. The summed E-state index contributed by atoms with van der Waals surface area (Å²) in [6.07, 6.45) is 6.23. The highest BCUT2D eigenvalue weighted by Crippen LogP contribution is 2.28. The number of amides is 1. The molecule has 0 fully saturated rings. The highest BCUT2D eigenvalue weighted by atomic mass is 16.1. The molecule has 0 saturated carbocycles. The Bertz CT molecular complexity index is 850. The van der Waals surface area contributed by atoms with Gasteiger partial charge in [0, 0.05) is 11.3 Å². The van der Waals surface area contributed by atoms with Crippen molar-refractivity contribution in [3.63, 3.8) is 0 Å². The zero-order valence-corrected chi connectivity index (χ0v) is 12.2. The predicted octanol–water partition coefficient (Wildman–Crippen LogP) is 3.69. The first-order valence-corrected chi connectivity index (χ1v) is 7.66. The van der Waals surface area contributed by atoms with Crippen molar-refractivity contribution in [3.8, 4) is 0 Å². The van der Waals surface area contributed by atoms with E-state index in [0.717, 1.165) is 29.6 Å². The summed E-state index contributed by atoms with van der Waals surface area (Å²) in [5, 5.41) is 3.07. The van der Waals surface area contributed by atoms with Crippen LogP contribution in [0.1, 0.15) is 34.3 Å². The fraction of sp³-hybridized carbons (Fsp3) is 0.222. The molecule has 0 atom stereocenters. The van der Waals surface area contributed by atoms with Crippen molar-refractivity contribution in [2.45, 2.75) is 25.7 Å². The summed E-state index contributed by atoms with van der Waals surface area (Å²) in [6.45, 7) is 0. The van der Waals surface area contributed by atoms with Crippen LogP contribution in [0.2, 0.25) is 0 Å². The lowest BCUT2D eigenvalue weighted by atomic mass is 9.90. The second-order valence-corrected chi connectivity index (χ2v) is 5.74. The molecule has 4 rings (SSSR count). The van der Waals surface area contributed by atoms with Crippen molar-refractivity contribution in [2.24, 2.45) is 0 Å². The van der Waals surface area contributed by atoms with Crippen molar-refractivity contribution in [2.75, 3.05) is 5.32 Å². The van der Waals surface area contributed by atoms with Crippen LogP contribution in [0.15, 0.2) is 42.7 Å². The van der Waals surface area contributed by atoms with Gasteiger partial charge in [0.2, 0.25) is 0 Å². The van der Waals surface area contributed by atoms with Crippen LogP contribution >= 0.6 is 0 Å². The number of anilines is 1. The Morgan fingerprint density at radius 3 is 3.00 bits per heavy atom. The van der Waals surface area contributed by atoms with Crippen LogP contribution in [0.4, 0.5) is 5.69 Å². The van der Waals surface area contributed by atoms with Gasteiger partial charge >= 0.3 is 0 Å². The second-order valence-electron chi connectivity index (χ2n) is 5.74. The van der Waals surface area contributed by atoms with Gasteiger partial charge in [0.15, 0.2) is 0 Å². The molecule has 1 heterocycles. The van der Waals surface area contributed by atoms with Crippen LogP contribution in [0.25, 0.3) is 11.0 Å². The number of aromatic amines is 1. The second kappa shape index (κ2) is 5.30. The Hall–Kier alpha value is -2.62. The van der Waals surface area contributed by atoms with Crippen LogP contribution in [-0.2, 0) is 12.8 Å².